The monoisotopic (exact) mass is 279 g/mol. The van der Waals surface area contributed by atoms with Crippen LogP contribution in [0.4, 0.5) is 0 Å². The van der Waals surface area contributed by atoms with Crippen molar-refractivity contribution in [3.05, 3.63) is 34.3 Å². The van der Waals surface area contributed by atoms with Gasteiger partial charge in [0.15, 0.2) is 0 Å². The van der Waals surface area contributed by atoms with Crippen molar-refractivity contribution in [2.75, 3.05) is 6.54 Å². The number of hydrogen-bond donors (Lipinski definition) is 1. The Kier molecular flexibility index (Phi) is 6.22. The largest absolute Gasteiger partial charge is 0.313 e. The highest BCUT2D eigenvalue weighted by molar-refractivity contribution is 9.10. The van der Waals surface area contributed by atoms with Gasteiger partial charge >= 0.3 is 0 Å². The van der Waals surface area contributed by atoms with Gasteiger partial charge in [-0.2, -0.15) is 0 Å². The maximum Gasteiger partial charge on any atom is 0.0246 e. The van der Waals surface area contributed by atoms with Crippen LogP contribution in [0.1, 0.15) is 25.8 Å². The molecule has 0 bridgehead atoms. The Bertz CT molecular complexity index is 376. The van der Waals surface area contributed by atoms with Crippen LogP contribution in [0, 0.1) is 11.8 Å². The fourth-order valence-corrected chi connectivity index (χ4v) is 2.11. The van der Waals surface area contributed by atoms with Gasteiger partial charge in [0.25, 0.3) is 0 Å². The fraction of sp³-hybridized carbons (Fsp3) is 0.429. The molecule has 0 radical (unpaired) electrons. The molecule has 1 atom stereocenters. The normalized spacial score (nSPS) is 11.7. The first kappa shape index (κ1) is 13.3. The van der Waals surface area contributed by atoms with Gasteiger partial charge in [-0.05, 0) is 31.5 Å². The molecule has 86 valence electrons. The molecule has 0 amide bonds. The summed E-state index contributed by atoms with van der Waals surface area (Å²) in [4.78, 5) is 0. The number of halogens is 1. The van der Waals surface area contributed by atoms with Crippen LogP contribution in [0.5, 0.6) is 0 Å². The highest BCUT2D eigenvalue weighted by atomic mass is 79.9. The predicted molar refractivity (Wildman–Crippen MR) is 73.4 cm³/mol. The highest BCUT2D eigenvalue weighted by Gasteiger charge is 2.08. The molecule has 0 heterocycles. The van der Waals surface area contributed by atoms with E-state index in [9.17, 15) is 0 Å². The van der Waals surface area contributed by atoms with Gasteiger partial charge in [-0.1, -0.05) is 41.1 Å². The molecule has 0 fully saturated rings. The first-order valence-electron chi connectivity index (χ1n) is 5.64. The van der Waals surface area contributed by atoms with Crippen molar-refractivity contribution < 1.29 is 0 Å². The summed E-state index contributed by atoms with van der Waals surface area (Å²) in [5.41, 5.74) is 1.34. The lowest BCUT2D eigenvalue weighted by molar-refractivity contribution is 0.534. The van der Waals surface area contributed by atoms with E-state index in [0.29, 0.717) is 6.04 Å². The molecule has 0 aromatic heterocycles. The molecular formula is C14H18BrN. The van der Waals surface area contributed by atoms with Crippen LogP contribution >= 0.6 is 15.9 Å². The Morgan fingerprint density at radius 1 is 1.38 bits per heavy atom. The van der Waals surface area contributed by atoms with Crippen LogP contribution in [-0.4, -0.2) is 12.6 Å². The molecular weight excluding hydrogens is 262 g/mol. The van der Waals surface area contributed by atoms with Gasteiger partial charge < -0.3 is 5.32 Å². The lowest BCUT2D eigenvalue weighted by atomic mass is 10.0. The number of nitrogens with one attached hydrogen (secondary N) is 1. The minimum absolute atomic E-state index is 0.441. The Morgan fingerprint density at radius 2 is 2.12 bits per heavy atom. The molecule has 1 unspecified atom stereocenters. The molecule has 1 nitrogen and oxygen atoms in total. The summed E-state index contributed by atoms with van der Waals surface area (Å²) in [6.45, 7) is 5.01. The van der Waals surface area contributed by atoms with Gasteiger partial charge in [0.2, 0.25) is 0 Å². The molecule has 16 heavy (non-hydrogen) atoms. The zero-order valence-corrected chi connectivity index (χ0v) is 11.5. The predicted octanol–water partition coefficient (Wildman–Crippen LogP) is 3.38. The van der Waals surface area contributed by atoms with E-state index in [4.69, 9.17) is 0 Å². The van der Waals surface area contributed by atoms with Gasteiger partial charge in [-0.15, -0.1) is 11.8 Å². The van der Waals surface area contributed by atoms with E-state index in [1.165, 1.54) is 10.0 Å². The third-order valence-electron chi connectivity index (χ3n) is 2.44. The van der Waals surface area contributed by atoms with Crippen molar-refractivity contribution in [3.8, 4) is 11.8 Å². The van der Waals surface area contributed by atoms with E-state index < -0.39 is 0 Å². The van der Waals surface area contributed by atoms with Crippen LogP contribution < -0.4 is 5.32 Å². The summed E-state index contributed by atoms with van der Waals surface area (Å²) in [5.74, 6) is 6.10. The topological polar surface area (TPSA) is 12.0 Å². The molecule has 2 heteroatoms. The zero-order chi connectivity index (χ0) is 11.8. The molecule has 1 aromatic carbocycles. The Morgan fingerprint density at radius 3 is 2.75 bits per heavy atom. The first-order chi connectivity index (χ1) is 7.77. The minimum Gasteiger partial charge on any atom is -0.313 e. The minimum atomic E-state index is 0.441. The van der Waals surface area contributed by atoms with Gasteiger partial charge in [0.1, 0.15) is 0 Å². The second-order valence-corrected chi connectivity index (χ2v) is 4.54. The lowest BCUT2D eigenvalue weighted by Crippen LogP contribution is -2.30. The second-order valence-electron chi connectivity index (χ2n) is 3.68. The van der Waals surface area contributed by atoms with Crippen LogP contribution in [0.25, 0.3) is 0 Å². The molecule has 0 spiro atoms. The molecule has 1 rings (SSSR count). The van der Waals surface area contributed by atoms with E-state index in [1.807, 2.05) is 13.0 Å². The maximum absolute atomic E-state index is 3.58. The van der Waals surface area contributed by atoms with Crippen molar-refractivity contribution in [2.24, 2.45) is 0 Å². The second kappa shape index (κ2) is 7.49. The molecule has 1 aromatic rings. The van der Waals surface area contributed by atoms with E-state index in [-0.39, 0.29) is 0 Å². The van der Waals surface area contributed by atoms with Gasteiger partial charge in [0.05, 0.1) is 0 Å². The molecule has 0 aliphatic heterocycles. The summed E-state index contributed by atoms with van der Waals surface area (Å²) >= 11 is 3.58. The first-order valence-corrected chi connectivity index (χ1v) is 6.43. The van der Waals surface area contributed by atoms with E-state index in [2.05, 4.69) is 58.2 Å². The molecule has 0 aliphatic rings. The van der Waals surface area contributed by atoms with Crippen molar-refractivity contribution in [1.29, 1.82) is 0 Å². The maximum atomic E-state index is 3.58. The molecule has 1 N–H and O–H groups in total. The van der Waals surface area contributed by atoms with Crippen LogP contribution in [0.2, 0.25) is 0 Å². The quantitative estimate of drug-likeness (QED) is 0.815. The summed E-state index contributed by atoms with van der Waals surface area (Å²) in [7, 11) is 0. The number of rotatable bonds is 5. The van der Waals surface area contributed by atoms with Crippen LogP contribution in [0.15, 0.2) is 28.7 Å². The molecule has 0 saturated carbocycles. The van der Waals surface area contributed by atoms with Crippen molar-refractivity contribution >= 4 is 15.9 Å². The summed E-state index contributed by atoms with van der Waals surface area (Å²) in [6.07, 6.45) is 1.93. The Balaban J connectivity index is 2.66. The molecule has 0 aliphatic carbocycles. The number of likely N-dealkylation sites (N-methyl/N-ethyl adjacent to an activating group) is 1. The smallest absolute Gasteiger partial charge is 0.0246 e. The van der Waals surface area contributed by atoms with E-state index in [1.54, 1.807) is 0 Å². The van der Waals surface area contributed by atoms with Crippen molar-refractivity contribution in [1.82, 2.24) is 5.32 Å². The average molecular weight is 280 g/mol. The highest BCUT2D eigenvalue weighted by Crippen LogP contribution is 2.18. The van der Waals surface area contributed by atoms with Crippen molar-refractivity contribution in [2.45, 2.75) is 32.7 Å². The average Bonchev–Trinajstić information content (AvgIpc) is 2.29. The standard InChI is InChI=1S/C14H18BrN/c1-3-5-9-13(16-4-2)11-12-8-6-7-10-14(12)15/h6-8,10,13,16H,4,9,11H2,1-2H3. The SMILES string of the molecule is CC#CCC(Cc1ccccc1Br)NCC. The van der Waals surface area contributed by atoms with Gasteiger partial charge in [-0.3, -0.25) is 0 Å². The van der Waals surface area contributed by atoms with E-state index in [0.717, 1.165) is 19.4 Å². The molecule has 0 saturated heterocycles. The third kappa shape index (κ3) is 4.38. The van der Waals surface area contributed by atoms with E-state index >= 15 is 0 Å². The summed E-state index contributed by atoms with van der Waals surface area (Å²) in [5, 5.41) is 3.47. The van der Waals surface area contributed by atoms with Gasteiger partial charge in [-0.25, -0.2) is 0 Å². The van der Waals surface area contributed by atoms with Crippen LogP contribution in [-0.2, 0) is 6.42 Å². The van der Waals surface area contributed by atoms with Crippen LogP contribution in [0.3, 0.4) is 0 Å². The Hall–Kier alpha value is -0.780. The summed E-state index contributed by atoms with van der Waals surface area (Å²) < 4.78 is 1.18. The third-order valence-corrected chi connectivity index (χ3v) is 3.22. The fourth-order valence-electron chi connectivity index (χ4n) is 1.66. The number of hydrogen-bond acceptors (Lipinski definition) is 1. The summed E-state index contributed by atoms with van der Waals surface area (Å²) in [6, 6.07) is 8.81. The zero-order valence-electron chi connectivity index (χ0n) is 9.89. The number of benzene rings is 1. The lowest BCUT2D eigenvalue weighted by Gasteiger charge is -2.16. The van der Waals surface area contributed by atoms with Crippen molar-refractivity contribution in [3.63, 3.8) is 0 Å². The Labute approximate surface area is 107 Å². The van der Waals surface area contributed by atoms with Gasteiger partial charge in [0, 0.05) is 16.9 Å².